The van der Waals surface area contributed by atoms with Crippen molar-refractivity contribution in [3.05, 3.63) is 66.2 Å². The normalized spacial score (nSPS) is 14.7. The topological polar surface area (TPSA) is 104 Å². The Morgan fingerprint density at radius 2 is 1.70 bits per heavy atom. The van der Waals surface area contributed by atoms with Crippen molar-refractivity contribution >= 4 is 17.2 Å². The van der Waals surface area contributed by atoms with E-state index in [1.807, 2.05) is 12.1 Å². The molecule has 3 N–H and O–H groups in total. The summed E-state index contributed by atoms with van der Waals surface area (Å²) in [4.78, 5) is 11.7. The van der Waals surface area contributed by atoms with Crippen molar-refractivity contribution < 1.29 is 18.3 Å². The van der Waals surface area contributed by atoms with Gasteiger partial charge in [-0.05, 0) is 17.7 Å². The van der Waals surface area contributed by atoms with E-state index in [0.717, 1.165) is 5.56 Å². The Kier molecular flexibility index (Phi) is 6.28. The first-order valence-corrected chi connectivity index (χ1v) is 8.05. The van der Waals surface area contributed by atoms with E-state index < -0.39 is 29.3 Å². The fourth-order valence-corrected chi connectivity index (χ4v) is 2.62. The van der Waals surface area contributed by atoms with Gasteiger partial charge in [-0.15, -0.1) is 0 Å². The number of benzene rings is 2. The predicted molar refractivity (Wildman–Crippen MR) is 85.9 cm³/mol. The number of primary amides is 1. The minimum atomic E-state index is -2.48. The zero-order valence-electron chi connectivity index (χ0n) is 12.3. The van der Waals surface area contributed by atoms with Gasteiger partial charge in [-0.1, -0.05) is 48.5 Å². The van der Waals surface area contributed by atoms with Crippen LogP contribution in [0.2, 0.25) is 0 Å². The minimum Gasteiger partial charge on any atom is -0.760 e. The van der Waals surface area contributed by atoms with Crippen molar-refractivity contribution in [3.63, 3.8) is 0 Å². The lowest BCUT2D eigenvalue weighted by Gasteiger charge is -2.24. The van der Waals surface area contributed by atoms with E-state index in [2.05, 4.69) is 4.72 Å². The van der Waals surface area contributed by atoms with Gasteiger partial charge in [0.15, 0.2) is 6.10 Å². The molecule has 0 bridgehead atoms. The standard InChI is InChI=1S/C16H18N2O4S/c17-16(19)15(22-13-9-5-2-6-10-13)11-14(18-23(20)21)12-7-3-1-4-8-12/h1-10,14-15,18H,11H2,(H2,17,19)(H,20,21)/p-1. The van der Waals surface area contributed by atoms with E-state index in [9.17, 15) is 13.6 Å². The van der Waals surface area contributed by atoms with Crippen LogP contribution in [0, 0.1) is 0 Å². The Labute approximate surface area is 137 Å². The molecule has 6 nitrogen and oxygen atoms in total. The molecular formula is C16H17N2O4S-. The number of nitrogens with two attached hydrogens (primary N) is 1. The number of carbonyl (C=O) groups excluding carboxylic acids is 1. The molecule has 2 aromatic rings. The molecule has 0 aliphatic heterocycles. The maximum absolute atomic E-state index is 11.7. The summed E-state index contributed by atoms with van der Waals surface area (Å²) in [6.45, 7) is 0. The number of carbonyl (C=O) groups is 1. The summed E-state index contributed by atoms with van der Waals surface area (Å²) >= 11 is -2.48. The molecule has 3 atom stereocenters. The summed E-state index contributed by atoms with van der Waals surface area (Å²) in [6.07, 6.45) is -0.874. The van der Waals surface area contributed by atoms with E-state index in [1.165, 1.54) is 0 Å². The SMILES string of the molecule is NC(=O)C(CC(NS(=O)[O-])c1ccccc1)Oc1ccccc1. The van der Waals surface area contributed by atoms with Crippen LogP contribution in [0.3, 0.4) is 0 Å². The van der Waals surface area contributed by atoms with Crippen LogP contribution >= 0.6 is 0 Å². The van der Waals surface area contributed by atoms with Crippen molar-refractivity contribution in [2.45, 2.75) is 18.6 Å². The van der Waals surface area contributed by atoms with E-state index in [0.29, 0.717) is 5.75 Å². The molecule has 0 saturated heterocycles. The summed E-state index contributed by atoms with van der Waals surface area (Å²) in [6, 6.07) is 17.1. The first-order chi connectivity index (χ1) is 11.1. The van der Waals surface area contributed by atoms with Crippen LogP contribution in [0.5, 0.6) is 5.75 Å². The Hall–Kier alpha value is -2.22. The summed E-state index contributed by atoms with van der Waals surface area (Å²) in [5.74, 6) is -0.167. The zero-order chi connectivity index (χ0) is 16.7. The largest absolute Gasteiger partial charge is 0.760 e. The number of para-hydroxylation sites is 1. The second-order valence-electron chi connectivity index (χ2n) is 4.87. The van der Waals surface area contributed by atoms with Crippen molar-refractivity contribution in [1.82, 2.24) is 4.72 Å². The average molecular weight is 333 g/mol. The van der Waals surface area contributed by atoms with E-state index in [-0.39, 0.29) is 6.42 Å². The molecule has 3 unspecified atom stereocenters. The minimum absolute atomic E-state index is 0.0855. The smallest absolute Gasteiger partial charge is 0.258 e. The Morgan fingerprint density at radius 1 is 1.13 bits per heavy atom. The number of nitrogens with one attached hydrogen (secondary N) is 1. The molecule has 2 rings (SSSR count). The summed E-state index contributed by atoms with van der Waals surface area (Å²) < 4.78 is 30.0. The van der Waals surface area contributed by atoms with Crippen LogP contribution in [-0.2, 0) is 16.1 Å². The number of hydrogen-bond donors (Lipinski definition) is 2. The van der Waals surface area contributed by atoms with Crippen LogP contribution < -0.4 is 15.2 Å². The van der Waals surface area contributed by atoms with Crippen LogP contribution in [0.1, 0.15) is 18.0 Å². The van der Waals surface area contributed by atoms with Crippen LogP contribution in [0.4, 0.5) is 0 Å². The van der Waals surface area contributed by atoms with Crippen LogP contribution in [-0.4, -0.2) is 20.8 Å². The first-order valence-electron chi connectivity index (χ1n) is 6.97. The van der Waals surface area contributed by atoms with Gasteiger partial charge in [0.05, 0.1) is 0 Å². The third-order valence-electron chi connectivity index (χ3n) is 3.23. The van der Waals surface area contributed by atoms with Crippen LogP contribution in [0.15, 0.2) is 60.7 Å². The molecule has 0 radical (unpaired) electrons. The van der Waals surface area contributed by atoms with Crippen molar-refractivity contribution in [2.24, 2.45) is 5.73 Å². The first kappa shape index (κ1) is 17.1. The second-order valence-corrected chi connectivity index (χ2v) is 5.58. The quantitative estimate of drug-likeness (QED) is 0.713. The molecule has 2 aromatic carbocycles. The highest BCUT2D eigenvalue weighted by atomic mass is 32.2. The molecule has 0 aliphatic carbocycles. The molecule has 0 spiro atoms. The van der Waals surface area contributed by atoms with Gasteiger partial charge in [0, 0.05) is 23.7 Å². The number of amides is 1. The number of hydrogen-bond acceptors (Lipinski definition) is 4. The fourth-order valence-electron chi connectivity index (χ4n) is 2.15. The molecule has 122 valence electrons. The van der Waals surface area contributed by atoms with Gasteiger partial charge < -0.3 is 15.0 Å². The Balaban J connectivity index is 2.17. The lowest BCUT2D eigenvalue weighted by atomic mass is 10.0. The van der Waals surface area contributed by atoms with Gasteiger partial charge in [0.2, 0.25) is 0 Å². The summed E-state index contributed by atoms with van der Waals surface area (Å²) in [5, 5.41) is 0. The molecule has 23 heavy (non-hydrogen) atoms. The third-order valence-corrected chi connectivity index (χ3v) is 3.71. The maximum atomic E-state index is 11.7. The molecule has 0 saturated carbocycles. The van der Waals surface area contributed by atoms with Crippen LogP contribution in [0.25, 0.3) is 0 Å². The Bertz CT molecular complexity index is 652. The van der Waals surface area contributed by atoms with Gasteiger partial charge in [0.1, 0.15) is 5.75 Å². The molecule has 0 fully saturated rings. The number of rotatable bonds is 8. The van der Waals surface area contributed by atoms with E-state index >= 15 is 0 Å². The fraction of sp³-hybridized carbons (Fsp3) is 0.188. The van der Waals surface area contributed by atoms with E-state index in [1.54, 1.807) is 48.5 Å². The third kappa shape index (κ3) is 5.48. The molecule has 0 heterocycles. The average Bonchev–Trinajstić information content (AvgIpc) is 2.54. The van der Waals surface area contributed by atoms with Gasteiger partial charge in [-0.25, -0.2) is 4.72 Å². The summed E-state index contributed by atoms with van der Waals surface area (Å²) in [7, 11) is 0. The molecule has 0 aliphatic rings. The molecular weight excluding hydrogens is 316 g/mol. The highest BCUT2D eigenvalue weighted by Gasteiger charge is 2.24. The van der Waals surface area contributed by atoms with Gasteiger partial charge >= 0.3 is 0 Å². The lowest BCUT2D eigenvalue weighted by Crippen LogP contribution is -2.38. The molecule has 7 heteroatoms. The lowest BCUT2D eigenvalue weighted by molar-refractivity contribution is -0.125. The maximum Gasteiger partial charge on any atom is 0.258 e. The number of ether oxygens (including phenoxy) is 1. The van der Waals surface area contributed by atoms with Crippen molar-refractivity contribution in [3.8, 4) is 5.75 Å². The van der Waals surface area contributed by atoms with Crippen molar-refractivity contribution in [2.75, 3.05) is 0 Å². The second kappa shape index (κ2) is 8.42. The molecule has 1 amide bonds. The zero-order valence-corrected chi connectivity index (χ0v) is 13.1. The highest BCUT2D eigenvalue weighted by molar-refractivity contribution is 7.77. The van der Waals surface area contributed by atoms with Gasteiger partial charge in [0.25, 0.3) is 5.91 Å². The van der Waals surface area contributed by atoms with Crippen molar-refractivity contribution in [1.29, 1.82) is 0 Å². The monoisotopic (exact) mass is 333 g/mol. The highest BCUT2D eigenvalue weighted by Crippen LogP contribution is 2.22. The molecule has 0 aromatic heterocycles. The van der Waals surface area contributed by atoms with E-state index in [4.69, 9.17) is 10.5 Å². The predicted octanol–water partition coefficient (Wildman–Crippen LogP) is 1.43. The Morgan fingerprint density at radius 3 is 2.22 bits per heavy atom. The summed E-state index contributed by atoms with van der Waals surface area (Å²) in [5.41, 5.74) is 6.12. The van der Waals surface area contributed by atoms with Gasteiger partial charge in [-0.2, -0.15) is 0 Å². The van der Waals surface area contributed by atoms with Gasteiger partial charge in [-0.3, -0.25) is 9.00 Å².